The van der Waals surface area contributed by atoms with Crippen molar-refractivity contribution in [2.45, 2.75) is 23.5 Å². The van der Waals surface area contributed by atoms with Crippen LogP contribution in [-0.2, 0) is 14.6 Å². The monoisotopic (exact) mass is 274 g/mol. The third-order valence-corrected chi connectivity index (χ3v) is 3.53. The van der Waals surface area contributed by atoms with Gasteiger partial charge in [-0.1, -0.05) is 12.1 Å². The van der Waals surface area contributed by atoms with Crippen LogP contribution in [0.15, 0.2) is 29.2 Å². The molecule has 0 aromatic heterocycles. The molecule has 100 valence electrons. The molecule has 0 saturated heterocycles. The average molecular weight is 274 g/mol. The first kappa shape index (κ1) is 14.6. The zero-order chi connectivity index (χ0) is 13.9. The first-order chi connectivity index (χ1) is 8.21. The van der Waals surface area contributed by atoms with Gasteiger partial charge in [0.25, 0.3) is 0 Å². The van der Waals surface area contributed by atoms with E-state index in [4.69, 9.17) is 5.11 Å². The van der Waals surface area contributed by atoms with Crippen molar-refractivity contribution in [3.63, 3.8) is 0 Å². The zero-order valence-electron chi connectivity index (χ0n) is 9.65. The number of sulfone groups is 1. The number of rotatable bonds is 5. The van der Waals surface area contributed by atoms with Gasteiger partial charge in [-0.3, -0.25) is 4.79 Å². The molecule has 0 aliphatic heterocycles. The van der Waals surface area contributed by atoms with Gasteiger partial charge in [-0.2, -0.15) is 0 Å². The fraction of sp³-hybridized carbons (Fsp3) is 0.364. The predicted molar refractivity (Wildman–Crippen MR) is 62.8 cm³/mol. The highest BCUT2D eigenvalue weighted by Gasteiger charge is 2.21. The Kier molecular flexibility index (Phi) is 4.44. The Balaban J connectivity index is 2.88. The summed E-state index contributed by atoms with van der Waals surface area (Å²) in [6, 6.07) is 5.26. The summed E-state index contributed by atoms with van der Waals surface area (Å²) in [5, 5.41) is 27.6. The lowest BCUT2D eigenvalue weighted by atomic mass is 10.0. The van der Waals surface area contributed by atoms with Crippen molar-refractivity contribution in [1.29, 1.82) is 0 Å². The molecule has 2 atom stereocenters. The van der Waals surface area contributed by atoms with Gasteiger partial charge in [-0.25, -0.2) is 8.42 Å². The van der Waals surface area contributed by atoms with E-state index in [0.717, 1.165) is 6.26 Å². The third kappa shape index (κ3) is 3.80. The Morgan fingerprint density at radius 2 is 1.72 bits per heavy atom. The Labute approximate surface area is 104 Å². The summed E-state index contributed by atoms with van der Waals surface area (Å²) in [6.07, 6.45) is -2.34. The number of carboxylic acids is 1. The minimum absolute atomic E-state index is 0.0891. The maximum atomic E-state index is 11.2. The Morgan fingerprint density at radius 1 is 1.22 bits per heavy atom. The Bertz CT molecular complexity index is 519. The van der Waals surface area contributed by atoms with Crippen LogP contribution >= 0.6 is 0 Å². The number of aliphatic carboxylic acids is 1. The molecule has 0 saturated carbocycles. The molecule has 2 unspecified atom stereocenters. The van der Waals surface area contributed by atoms with Gasteiger partial charge in [0.1, 0.15) is 6.10 Å². The molecule has 0 amide bonds. The molecule has 1 aromatic rings. The lowest BCUT2D eigenvalue weighted by Gasteiger charge is -2.16. The summed E-state index contributed by atoms with van der Waals surface area (Å²) in [7, 11) is -3.32. The van der Waals surface area contributed by atoms with Crippen molar-refractivity contribution in [2.24, 2.45) is 0 Å². The van der Waals surface area contributed by atoms with E-state index in [0.29, 0.717) is 0 Å². The normalized spacial score (nSPS) is 15.1. The van der Waals surface area contributed by atoms with E-state index in [2.05, 4.69) is 0 Å². The van der Waals surface area contributed by atoms with E-state index in [1.54, 1.807) is 0 Å². The van der Waals surface area contributed by atoms with E-state index >= 15 is 0 Å². The average Bonchev–Trinajstić information content (AvgIpc) is 2.26. The van der Waals surface area contributed by atoms with Crippen LogP contribution in [0.4, 0.5) is 0 Å². The van der Waals surface area contributed by atoms with Crippen LogP contribution in [-0.4, -0.2) is 42.1 Å². The van der Waals surface area contributed by atoms with Crippen molar-refractivity contribution in [2.75, 3.05) is 6.26 Å². The molecule has 0 heterocycles. The number of benzene rings is 1. The fourth-order valence-electron chi connectivity index (χ4n) is 1.42. The lowest BCUT2D eigenvalue weighted by Crippen LogP contribution is -2.21. The second-order valence-corrected chi connectivity index (χ2v) is 5.97. The number of aliphatic hydroxyl groups excluding tert-OH is 2. The molecule has 6 nitrogen and oxygen atoms in total. The van der Waals surface area contributed by atoms with Crippen LogP contribution < -0.4 is 0 Å². The highest BCUT2D eigenvalue weighted by Crippen LogP contribution is 2.20. The van der Waals surface area contributed by atoms with Crippen LogP contribution in [0.25, 0.3) is 0 Å². The standard InChI is InChI=1S/C11H14O6S/c1-18(16,17)8-4-2-7(3-5-8)11(15)9(12)6-10(13)14/h2-5,9,11-12,15H,6H2,1H3,(H,13,14). The van der Waals surface area contributed by atoms with Gasteiger partial charge in [-0.15, -0.1) is 0 Å². The molecule has 7 heteroatoms. The number of aliphatic hydroxyl groups is 2. The van der Waals surface area contributed by atoms with E-state index in [-0.39, 0.29) is 10.5 Å². The molecule has 3 N–H and O–H groups in total. The van der Waals surface area contributed by atoms with Gasteiger partial charge in [-0.05, 0) is 17.7 Å². The molecule has 0 aliphatic carbocycles. The van der Waals surface area contributed by atoms with Crippen LogP contribution in [0.2, 0.25) is 0 Å². The maximum Gasteiger partial charge on any atom is 0.306 e. The number of hydrogen-bond donors (Lipinski definition) is 3. The molecule has 1 rings (SSSR count). The number of carboxylic acid groups (broad SMARTS) is 1. The van der Waals surface area contributed by atoms with Crippen molar-refractivity contribution in [1.82, 2.24) is 0 Å². The summed E-state index contributed by atoms with van der Waals surface area (Å²) in [5.74, 6) is -1.23. The van der Waals surface area contributed by atoms with Gasteiger partial charge < -0.3 is 15.3 Å². The summed E-state index contributed by atoms with van der Waals surface area (Å²) in [6.45, 7) is 0. The summed E-state index contributed by atoms with van der Waals surface area (Å²) in [4.78, 5) is 10.5. The fourth-order valence-corrected chi connectivity index (χ4v) is 2.06. The summed E-state index contributed by atoms with van der Waals surface area (Å²) >= 11 is 0. The SMILES string of the molecule is CS(=O)(=O)c1ccc(C(O)C(O)CC(=O)O)cc1. The largest absolute Gasteiger partial charge is 0.481 e. The molecule has 0 radical (unpaired) electrons. The first-order valence-corrected chi connectivity index (χ1v) is 6.99. The molecule has 0 fully saturated rings. The second kappa shape index (κ2) is 5.47. The topological polar surface area (TPSA) is 112 Å². The van der Waals surface area contributed by atoms with E-state index in [1.165, 1.54) is 24.3 Å². The number of hydrogen-bond acceptors (Lipinski definition) is 5. The lowest BCUT2D eigenvalue weighted by molar-refractivity contribution is -0.141. The van der Waals surface area contributed by atoms with Gasteiger partial charge in [0.15, 0.2) is 9.84 Å². The molecule has 0 bridgehead atoms. The minimum Gasteiger partial charge on any atom is -0.481 e. The Hall–Kier alpha value is -1.44. The van der Waals surface area contributed by atoms with Crippen LogP contribution in [0.1, 0.15) is 18.1 Å². The van der Waals surface area contributed by atoms with Crippen LogP contribution in [0, 0.1) is 0 Å². The molecule has 0 spiro atoms. The highest BCUT2D eigenvalue weighted by molar-refractivity contribution is 7.90. The Morgan fingerprint density at radius 3 is 2.11 bits per heavy atom. The summed E-state index contributed by atoms with van der Waals surface area (Å²) in [5.41, 5.74) is 0.260. The van der Waals surface area contributed by atoms with Crippen molar-refractivity contribution in [3.05, 3.63) is 29.8 Å². The molecular weight excluding hydrogens is 260 g/mol. The van der Waals surface area contributed by atoms with Crippen LogP contribution in [0.3, 0.4) is 0 Å². The van der Waals surface area contributed by atoms with Gasteiger partial charge in [0, 0.05) is 6.26 Å². The van der Waals surface area contributed by atoms with Crippen LogP contribution in [0.5, 0.6) is 0 Å². The molecular formula is C11H14O6S. The summed E-state index contributed by atoms with van der Waals surface area (Å²) < 4.78 is 22.4. The zero-order valence-corrected chi connectivity index (χ0v) is 10.5. The van der Waals surface area contributed by atoms with Gasteiger partial charge in [0.2, 0.25) is 0 Å². The first-order valence-electron chi connectivity index (χ1n) is 5.10. The maximum absolute atomic E-state index is 11.2. The van der Waals surface area contributed by atoms with Crippen molar-refractivity contribution in [3.8, 4) is 0 Å². The van der Waals surface area contributed by atoms with E-state index in [9.17, 15) is 23.4 Å². The van der Waals surface area contributed by atoms with E-state index in [1.807, 2.05) is 0 Å². The van der Waals surface area contributed by atoms with Gasteiger partial charge >= 0.3 is 5.97 Å². The highest BCUT2D eigenvalue weighted by atomic mass is 32.2. The van der Waals surface area contributed by atoms with Gasteiger partial charge in [0.05, 0.1) is 17.4 Å². The molecule has 0 aliphatic rings. The third-order valence-electron chi connectivity index (χ3n) is 2.40. The second-order valence-electron chi connectivity index (χ2n) is 3.95. The van der Waals surface area contributed by atoms with E-state index < -0.39 is 34.4 Å². The smallest absolute Gasteiger partial charge is 0.306 e. The quantitative estimate of drug-likeness (QED) is 0.694. The van der Waals surface area contributed by atoms with Crippen molar-refractivity contribution < 1.29 is 28.5 Å². The predicted octanol–water partition coefficient (Wildman–Crippen LogP) is -0.0409. The minimum atomic E-state index is -3.32. The molecule has 18 heavy (non-hydrogen) atoms. The van der Waals surface area contributed by atoms with Crippen molar-refractivity contribution >= 4 is 15.8 Å². The number of carbonyl (C=O) groups is 1. The molecule has 1 aromatic carbocycles.